The maximum atomic E-state index is 11.0. The molecule has 114 valence electrons. The maximum Gasteiger partial charge on any atom is 0.120 e. The summed E-state index contributed by atoms with van der Waals surface area (Å²) >= 11 is 0. The van der Waals surface area contributed by atoms with Crippen molar-refractivity contribution in [2.45, 2.75) is 39.2 Å². The third kappa shape index (κ3) is 2.92. The van der Waals surface area contributed by atoms with Crippen LogP contribution in [0.5, 0.6) is 0 Å². The molecule has 1 aliphatic rings. The van der Waals surface area contributed by atoms with Gasteiger partial charge in [-0.2, -0.15) is 0 Å². The molecule has 0 aromatic heterocycles. The molecule has 0 saturated carbocycles. The van der Waals surface area contributed by atoms with Crippen LogP contribution in [0.15, 0.2) is 42.5 Å². The van der Waals surface area contributed by atoms with Crippen LogP contribution < -0.4 is 4.90 Å². The summed E-state index contributed by atoms with van der Waals surface area (Å²) in [5.41, 5.74) is 6.64. The van der Waals surface area contributed by atoms with E-state index >= 15 is 0 Å². The number of carbonyl (C=O) groups is 1. The lowest BCUT2D eigenvalue weighted by molar-refractivity contribution is -0.108. The molecular weight excluding hydrogens is 270 g/mol. The summed E-state index contributed by atoms with van der Waals surface area (Å²) in [4.78, 5) is 13.5. The average molecular weight is 293 g/mol. The lowest BCUT2D eigenvalue weighted by Gasteiger charge is -2.37. The molecule has 0 saturated heterocycles. The number of benzene rings is 2. The molecule has 2 aromatic rings. The summed E-state index contributed by atoms with van der Waals surface area (Å²) in [5, 5.41) is 0. The lowest BCUT2D eigenvalue weighted by Crippen LogP contribution is -2.31. The smallest absolute Gasteiger partial charge is 0.120 e. The van der Waals surface area contributed by atoms with Crippen LogP contribution >= 0.6 is 0 Å². The van der Waals surface area contributed by atoms with E-state index in [0.717, 1.165) is 25.8 Å². The molecule has 0 amide bonds. The first kappa shape index (κ1) is 14.8. The van der Waals surface area contributed by atoms with E-state index in [1.54, 1.807) is 0 Å². The van der Waals surface area contributed by atoms with Gasteiger partial charge in [-0.3, -0.25) is 0 Å². The number of anilines is 1. The summed E-state index contributed by atoms with van der Waals surface area (Å²) in [6.45, 7) is 6.28. The van der Waals surface area contributed by atoms with Gasteiger partial charge in [0, 0.05) is 25.2 Å². The van der Waals surface area contributed by atoms with E-state index in [2.05, 4.69) is 61.2 Å². The van der Waals surface area contributed by atoms with Crippen molar-refractivity contribution in [2.24, 2.45) is 0 Å². The molecule has 1 atom stereocenters. The van der Waals surface area contributed by atoms with Crippen molar-refractivity contribution in [3.8, 4) is 0 Å². The maximum absolute atomic E-state index is 11.0. The molecule has 0 N–H and O–H groups in total. The first-order valence-corrected chi connectivity index (χ1v) is 8.02. The Bertz CT molecular complexity index is 663. The Hall–Kier alpha value is -2.09. The molecule has 22 heavy (non-hydrogen) atoms. The van der Waals surface area contributed by atoms with Crippen molar-refractivity contribution in [1.82, 2.24) is 0 Å². The van der Waals surface area contributed by atoms with Crippen LogP contribution in [0.25, 0.3) is 0 Å². The number of rotatable bonds is 4. The van der Waals surface area contributed by atoms with Gasteiger partial charge in [0.05, 0.1) is 0 Å². The van der Waals surface area contributed by atoms with E-state index in [1.165, 1.54) is 27.9 Å². The summed E-state index contributed by atoms with van der Waals surface area (Å²) in [6, 6.07) is 15.1. The van der Waals surface area contributed by atoms with E-state index in [0.29, 0.717) is 12.3 Å². The highest BCUT2D eigenvalue weighted by atomic mass is 16.1. The minimum atomic E-state index is 0.375. The van der Waals surface area contributed by atoms with Gasteiger partial charge in [0.25, 0.3) is 0 Å². The number of hydrogen-bond acceptors (Lipinski definition) is 2. The first-order valence-electron chi connectivity index (χ1n) is 8.02. The molecule has 0 aliphatic carbocycles. The molecule has 2 heteroatoms. The van der Waals surface area contributed by atoms with Gasteiger partial charge in [0.15, 0.2) is 0 Å². The fourth-order valence-electron chi connectivity index (χ4n) is 3.65. The minimum Gasteiger partial charge on any atom is -0.367 e. The second-order valence-corrected chi connectivity index (χ2v) is 6.31. The lowest BCUT2D eigenvalue weighted by atomic mass is 9.84. The summed E-state index contributed by atoms with van der Waals surface area (Å²) < 4.78 is 0. The third-order valence-corrected chi connectivity index (χ3v) is 4.60. The standard InChI is InChI=1S/C20H23NO/c1-15-12-16(2)20-18(9-11-22)8-10-21(19(20)13-15)14-17-6-4-3-5-7-17/h3-7,11-13,18H,8-10,14H2,1-2H3/t18-/m1/s1. The minimum absolute atomic E-state index is 0.375. The van der Waals surface area contributed by atoms with Crippen molar-refractivity contribution in [1.29, 1.82) is 0 Å². The summed E-state index contributed by atoms with van der Waals surface area (Å²) in [5.74, 6) is 0.375. The number of carbonyl (C=O) groups excluding carboxylic acids is 1. The average Bonchev–Trinajstić information content (AvgIpc) is 2.50. The van der Waals surface area contributed by atoms with Crippen LogP contribution in [0.2, 0.25) is 0 Å². The number of aryl methyl sites for hydroxylation is 2. The fourth-order valence-corrected chi connectivity index (χ4v) is 3.65. The van der Waals surface area contributed by atoms with E-state index in [-0.39, 0.29) is 0 Å². The van der Waals surface area contributed by atoms with Crippen molar-refractivity contribution >= 4 is 12.0 Å². The molecule has 0 bridgehead atoms. The van der Waals surface area contributed by atoms with Gasteiger partial charge in [0.2, 0.25) is 0 Å². The van der Waals surface area contributed by atoms with Gasteiger partial charge < -0.3 is 9.69 Å². The molecule has 0 unspecified atom stereocenters. The van der Waals surface area contributed by atoms with Gasteiger partial charge in [-0.1, -0.05) is 36.4 Å². The zero-order chi connectivity index (χ0) is 15.5. The van der Waals surface area contributed by atoms with E-state index in [1.807, 2.05) is 0 Å². The van der Waals surface area contributed by atoms with Crippen LogP contribution in [0.3, 0.4) is 0 Å². The van der Waals surface area contributed by atoms with Gasteiger partial charge in [-0.05, 0) is 54.5 Å². The highest BCUT2D eigenvalue weighted by molar-refractivity contribution is 5.64. The largest absolute Gasteiger partial charge is 0.367 e. The Morgan fingerprint density at radius 1 is 1.18 bits per heavy atom. The van der Waals surface area contributed by atoms with Crippen LogP contribution in [0.1, 0.15) is 41.0 Å². The van der Waals surface area contributed by atoms with Crippen LogP contribution in [-0.2, 0) is 11.3 Å². The molecule has 1 aliphatic heterocycles. The Kier molecular flexibility index (Phi) is 4.28. The van der Waals surface area contributed by atoms with Crippen LogP contribution in [0, 0.1) is 13.8 Å². The van der Waals surface area contributed by atoms with Gasteiger partial charge in [0.1, 0.15) is 6.29 Å². The zero-order valence-electron chi connectivity index (χ0n) is 13.4. The second-order valence-electron chi connectivity index (χ2n) is 6.31. The number of nitrogens with zero attached hydrogens (tertiary/aromatic N) is 1. The molecule has 3 rings (SSSR count). The van der Waals surface area contributed by atoms with Gasteiger partial charge in [-0.15, -0.1) is 0 Å². The van der Waals surface area contributed by atoms with Gasteiger partial charge >= 0.3 is 0 Å². The Labute approximate surface area is 132 Å². The predicted octanol–water partition coefficient (Wildman–Crippen LogP) is 4.39. The first-order chi connectivity index (χ1) is 10.7. The molecule has 1 heterocycles. The predicted molar refractivity (Wildman–Crippen MR) is 91.4 cm³/mol. The Balaban J connectivity index is 1.98. The summed E-state index contributed by atoms with van der Waals surface area (Å²) in [7, 11) is 0. The molecule has 0 radical (unpaired) electrons. The van der Waals surface area contributed by atoms with Crippen LogP contribution in [0.4, 0.5) is 5.69 Å². The highest BCUT2D eigenvalue weighted by Gasteiger charge is 2.26. The highest BCUT2D eigenvalue weighted by Crippen LogP contribution is 2.40. The van der Waals surface area contributed by atoms with Crippen molar-refractivity contribution in [2.75, 3.05) is 11.4 Å². The molecular formula is C20H23NO. The molecule has 2 aromatic carbocycles. The normalized spacial score (nSPS) is 17.2. The van der Waals surface area contributed by atoms with Crippen molar-refractivity contribution < 1.29 is 4.79 Å². The van der Waals surface area contributed by atoms with E-state index < -0.39 is 0 Å². The van der Waals surface area contributed by atoms with Crippen LogP contribution in [-0.4, -0.2) is 12.8 Å². The summed E-state index contributed by atoms with van der Waals surface area (Å²) in [6.07, 6.45) is 2.76. The Morgan fingerprint density at radius 2 is 1.95 bits per heavy atom. The van der Waals surface area contributed by atoms with Crippen molar-refractivity contribution in [3.63, 3.8) is 0 Å². The number of aldehydes is 1. The monoisotopic (exact) mass is 293 g/mol. The molecule has 0 fully saturated rings. The second kappa shape index (κ2) is 6.35. The number of hydrogen-bond donors (Lipinski definition) is 0. The SMILES string of the molecule is Cc1cc(C)c2c(c1)N(Cc1ccccc1)CC[C@@H]2CC=O. The third-order valence-electron chi connectivity index (χ3n) is 4.60. The van der Waals surface area contributed by atoms with E-state index in [4.69, 9.17) is 0 Å². The zero-order valence-corrected chi connectivity index (χ0v) is 13.4. The van der Waals surface area contributed by atoms with Crippen molar-refractivity contribution in [3.05, 3.63) is 64.7 Å². The number of fused-ring (bicyclic) bond motifs is 1. The molecule has 0 spiro atoms. The van der Waals surface area contributed by atoms with Gasteiger partial charge in [-0.25, -0.2) is 0 Å². The molecule has 2 nitrogen and oxygen atoms in total. The van der Waals surface area contributed by atoms with E-state index in [9.17, 15) is 4.79 Å². The fraction of sp³-hybridized carbons (Fsp3) is 0.350. The topological polar surface area (TPSA) is 20.3 Å². The quantitative estimate of drug-likeness (QED) is 0.779. The Morgan fingerprint density at radius 3 is 2.68 bits per heavy atom.